The minimum absolute atomic E-state index is 0.0159. The van der Waals surface area contributed by atoms with Crippen LogP contribution in [0.1, 0.15) is 48.3 Å². The first-order chi connectivity index (χ1) is 13.7. The summed E-state index contributed by atoms with van der Waals surface area (Å²) in [7, 11) is 0. The highest BCUT2D eigenvalue weighted by Gasteiger charge is 2.39. The number of para-hydroxylation sites is 1. The molecule has 0 bridgehead atoms. The largest absolute Gasteiger partial charge is 0.352 e. The minimum atomic E-state index is -0.416. The molecule has 4 nitrogen and oxygen atoms in total. The topological polar surface area (TPSA) is 45.2 Å². The molecule has 2 heterocycles. The number of amides is 1. The molecule has 1 aliphatic heterocycles. The van der Waals surface area contributed by atoms with Crippen LogP contribution in [0.25, 0.3) is 10.2 Å². The number of aromatic nitrogens is 1. The number of carbonyl (C=O) groups is 1. The summed E-state index contributed by atoms with van der Waals surface area (Å²) in [5, 5.41) is 4.21. The molecule has 1 amide bonds. The van der Waals surface area contributed by atoms with Gasteiger partial charge in [-0.05, 0) is 55.5 Å². The number of carbonyl (C=O) groups excluding carboxylic acids is 1. The molecule has 1 N–H and O–H groups in total. The number of nitrogens with zero attached hydrogens (tertiary/aromatic N) is 2. The molecule has 0 spiro atoms. The van der Waals surface area contributed by atoms with Gasteiger partial charge in [0.15, 0.2) is 0 Å². The number of fused-ring (bicyclic) bond motifs is 1. The second-order valence-electron chi connectivity index (χ2n) is 7.65. The van der Waals surface area contributed by atoms with E-state index in [0.717, 1.165) is 48.3 Å². The Labute approximate surface area is 167 Å². The monoisotopic (exact) mass is 395 g/mol. The van der Waals surface area contributed by atoms with Gasteiger partial charge in [-0.25, -0.2) is 9.37 Å². The van der Waals surface area contributed by atoms with Crippen LogP contribution in [0.5, 0.6) is 0 Å². The summed E-state index contributed by atoms with van der Waals surface area (Å²) in [5.41, 5.74) is 1.85. The van der Waals surface area contributed by atoms with E-state index in [1.165, 1.54) is 16.8 Å². The zero-order valence-electron chi connectivity index (χ0n) is 15.5. The molecule has 1 saturated heterocycles. The fraction of sp³-hybridized carbons (Fsp3) is 0.364. The van der Waals surface area contributed by atoms with Gasteiger partial charge in [0.1, 0.15) is 16.9 Å². The van der Waals surface area contributed by atoms with E-state index in [1.807, 2.05) is 18.2 Å². The van der Waals surface area contributed by atoms with Gasteiger partial charge in [0.2, 0.25) is 5.91 Å². The Bertz CT molecular complexity index is 965. The number of hydrogen-bond donors (Lipinski definition) is 1. The zero-order valence-corrected chi connectivity index (χ0v) is 16.3. The summed E-state index contributed by atoms with van der Waals surface area (Å²) >= 11 is 1.71. The summed E-state index contributed by atoms with van der Waals surface area (Å²) in [6.07, 6.45) is 4.09. The summed E-state index contributed by atoms with van der Waals surface area (Å²) in [6.45, 7) is 0.834. The second kappa shape index (κ2) is 7.26. The maximum Gasteiger partial charge on any atom is 0.242 e. The highest BCUT2D eigenvalue weighted by Crippen LogP contribution is 2.41. The molecule has 5 rings (SSSR count). The van der Waals surface area contributed by atoms with Crippen LogP contribution in [0.4, 0.5) is 4.39 Å². The van der Waals surface area contributed by atoms with Gasteiger partial charge in [-0.15, -0.1) is 11.3 Å². The van der Waals surface area contributed by atoms with E-state index in [-0.39, 0.29) is 17.8 Å². The Morgan fingerprint density at radius 2 is 1.93 bits per heavy atom. The van der Waals surface area contributed by atoms with Crippen molar-refractivity contribution in [2.75, 3.05) is 6.54 Å². The minimum Gasteiger partial charge on any atom is -0.352 e. The predicted octanol–water partition coefficient (Wildman–Crippen LogP) is 4.59. The van der Waals surface area contributed by atoms with Gasteiger partial charge in [0.05, 0.1) is 16.3 Å². The van der Waals surface area contributed by atoms with Gasteiger partial charge in [-0.3, -0.25) is 9.69 Å². The molecular weight excluding hydrogens is 373 g/mol. The molecular formula is C22H22FN3OS. The lowest BCUT2D eigenvalue weighted by molar-refractivity contribution is -0.127. The van der Waals surface area contributed by atoms with Crippen LogP contribution in [0, 0.1) is 5.82 Å². The van der Waals surface area contributed by atoms with E-state index in [1.54, 1.807) is 23.5 Å². The number of rotatable bonds is 5. The molecule has 2 atom stereocenters. The van der Waals surface area contributed by atoms with Crippen molar-refractivity contribution in [2.24, 2.45) is 0 Å². The molecule has 1 aliphatic carbocycles. The standard InChI is InChI=1S/C22H22FN3OS/c23-15-9-7-14(8-10-15)20(21(27)24-16-11-12-16)26-13-3-5-18(26)22-25-17-4-1-2-6-19(17)28-22/h1-2,4,6-10,16,18,20H,3,5,11-13H2,(H,24,27). The molecule has 2 aliphatic rings. The average molecular weight is 396 g/mol. The molecule has 28 heavy (non-hydrogen) atoms. The Kier molecular flexibility index (Phi) is 4.61. The lowest BCUT2D eigenvalue weighted by Crippen LogP contribution is -2.41. The molecule has 2 fully saturated rings. The van der Waals surface area contributed by atoms with Crippen molar-refractivity contribution in [3.8, 4) is 0 Å². The van der Waals surface area contributed by atoms with Crippen LogP contribution in [-0.2, 0) is 4.79 Å². The normalized spacial score (nSPS) is 21.1. The molecule has 1 saturated carbocycles. The molecule has 0 radical (unpaired) electrons. The van der Waals surface area contributed by atoms with Crippen molar-refractivity contribution in [3.05, 3.63) is 64.9 Å². The van der Waals surface area contributed by atoms with Gasteiger partial charge in [0, 0.05) is 12.6 Å². The predicted molar refractivity (Wildman–Crippen MR) is 109 cm³/mol. The van der Waals surface area contributed by atoms with Crippen molar-refractivity contribution in [3.63, 3.8) is 0 Å². The Morgan fingerprint density at radius 3 is 2.68 bits per heavy atom. The number of hydrogen-bond acceptors (Lipinski definition) is 4. The molecule has 2 unspecified atom stereocenters. The van der Waals surface area contributed by atoms with Crippen LogP contribution < -0.4 is 5.32 Å². The van der Waals surface area contributed by atoms with Crippen molar-refractivity contribution in [1.29, 1.82) is 0 Å². The summed E-state index contributed by atoms with van der Waals surface area (Å²) in [6, 6.07) is 14.5. The van der Waals surface area contributed by atoms with Crippen molar-refractivity contribution in [2.45, 2.75) is 43.8 Å². The third kappa shape index (κ3) is 3.42. The smallest absolute Gasteiger partial charge is 0.242 e. The van der Waals surface area contributed by atoms with Crippen LogP contribution in [0.15, 0.2) is 48.5 Å². The van der Waals surface area contributed by atoms with Crippen molar-refractivity contribution >= 4 is 27.5 Å². The quantitative estimate of drug-likeness (QED) is 0.687. The van der Waals surface area contributed by atoms with E-state index in [0.29, 0.717) is 6.04 Å². The lowest BCUT2D eigenvalue weighted by Gasteiger charge is -2.31. The van der Waals surface area contributed by atoms with Gasteiger partial charge in [-0.1, -0.05) is 24.3 Å². The van der Waals surface area contributed by atoms with E-state index in [4.69, 9.17) is 4.98 Å². The van der Waals surface area contributed by atoms with Gasteiger partial charge >= 0.3 is 0 Å². The summed E-state index contributed by atoms with van der Waals surface area (Å²) in [5.74, 6) is -0.267. The molecule has 1 aromatic heterocycles. The average Bonchev–Trinajstić information content (AvgIpc) is 3.21. The maximum atomic E-state index is 13.5. The number of likely N-dealkylation sites (tertiary alicyclic amines) is 1. The van der Waals surface area contributed by atoms with Crippen LogP contribution in [0.3, 0.4) is 0 Å². The first-order valence-corrected chi connectivity index (χ1v) is 10.7. The van der Waals surface area contributed by atoms with E-state index in [2.05, 4.69) is 16.3 Å². The van der Waals surface area contributed by atoms with E-state index >= 15 is 0 Å². The fourth-order valence-electron chi connectivity index (χ4n) is 4.04. The van der Waals surface area contributed by atoms with Crippen LogP contribution in [0.2, 0.25) is 0 Å². The highest BCUT2D eigenvalue weighted by molar-refractivity contribution is 7.18. The van der Waals surface area contributed by atoms with Crippen LogP contribution >= 0.6 is 11.3 Å². The lowest BCUT2D eigenvalue weighted by atomic mass is 10.0. The molecule has 144 valence electrons. The first kappa shape index (κ1) is 17.8. The Morgan fingerprint density at radius 1 is 1.14 bits per heavy atom. The SMILES string of the molecule is O=C(NC1CC1)C(c1ccc(F)cc1)N1CCCC1c1nc2ccccc2s1. The first-order valence-electron chi connectivity index (χ1n) is 9.86. The van der Waals surface area contributed by atoms with Crippen molar-refractivity contribution < 1.29 is 9.18 Å². The number of nitrogens with one attached hydrogen (secondary N) is 1. The van der Waals surface area contributed by atoms with E-state index < -0.39 is 6.04 Å². The Balaban J connectivity index is 1.50. The van der Waals surface area contributed by atoms with Crippen molar-refractivity contribution in [1.82, 2.24) is 15.2 Å². The third-order valence-electron chi connectivity index (χ3n) is 5.58. The summed E-state index contributed by atoms with van der Waals surface area (Å²) < 4.78 is 14.7. The molecule has 3 aromatic rings. The maximum absolute atomic E-state index is 13.5. The zero-order chi connectivity index (χ0) is 19.1. The number of thiazole rings is 1. The number of halogens is 1. The van der Waals surface area contributed by atoms with E-state index in [9.17, 15) is 9.18 Å². The third-order valence-corrected chi connectivity index (χ3v) is 6.72. The molecule has 2 aromatic carbocycles. The van der Waals surface area contributed by atoms with Gasteiger partial charge in [-0.2, -0.15) is 0 Å². The van der Waals surface area contributed by atoms with Crippen LogP contribution in [-0.4, -0.2) is 28.4 Å². The Hall–Kier alpha value is -2.31. The highest BCUT2D eigenvalue weighted by atomic mass is 32.1. The van der Waals surface area contributed by atoms with Gasteiger partial charge in [0.25, 0.3) is 0 Å². The second-order valence-corrected chi connectivity index (χ2v) is 8.71. The molecule has 6 heteroatoms. The van der Waals surface area contributed by atoms with Gasteiger partial charge < -0.3 is 5.32 Å². The summed E-state index contributed by atoms with van der Waals surface area (Å²) in [4.78, 5) is 20.3. The fourth-order valence-corrected chi connectivity index (χ4v) is 5.17. The number of benzene rings is 2.